The van der Waals surface area contributed by atoms with Crippen LogP contribution in [0.5, 0.6) is 0 Å². The highest BCUT2D eigenvalue weighted by Crippen LogP contribution is 2.18. The van der Waals surface area contributed by atoms with Gasteiger partial charge in [0.1, 0.15) is 0 Å². The Bertz CT molecular complexity index is 616. The molecule has 356 valence electrons. The van der Waals surface area contributed by atoms with E-state index in [0.717, 1.165) is 13.2 Å². The monoisotopic (exact) mass is 831 g/mol. The van der Waals surface area contributed by atoms with Crippen molar-refractivity contribution in [2.24, 2.45) is 0 Å². The quantitative estimate of drug-likeness (QED) is 0.0555. The molecule has 0 rings (SSSR count). The van der Waals surface area contributed by atoms with Crippen LogP contribution in [0.2, 0.25) is 0 Å². The maximum Gasteiger partial charge on any atom is 0.0466 e. The SMILES string of the molecule is CCCCCCCCCCCCCCCCCCCCCCCCCCCCCCCCCCCCCCOCCCCCCCCCCCCCCCCCCCC. The number of hydrogen-bond donors (Lipinski definition) is 0. The van der Waals surface area contributed by atoms with Crippen LogP contribution in [0.3, 0.4) is 0 Å². The van der Waals surface area contributed by atoms with E-state index in [1.165, 1.54) is 347 Å². The van der Waals surface area contributed by atoms with E-state index in [1.807, 2.05) is 0 Å². The molecule has 0 spiro atoms. The fourth-order valence-corrected chi connectivity index (χ4v) is 9.50. The summed E-state index contributed by atoms with van der Waals surface area (Å²) in [7, 11) is 0. The first-order chi connectivity index (χ1) is 29.4. The van der Waals surface area contributed by atoms with E-state index < -0.39 is 0 Å². The largest absolute Gasteiger partial charge is 0.381 e. The van der Waals surface area contributed by atoms with Crippen molar-refractivity contribution in [2.75, 3.05) is 13.2 Å². The Morgan fingerprint density at radius 2 is 0.237 bits per heavy atom. The molecule has 0 fully saturated rings. The molecule has 0 aromatic heterocycles. The number of ether oxygens (including phenoxy) is 1. The predicted molar refractivity (Wildman–Crippen MR) is 271 cm³/mol. The third kappa shape index (κ3) is 58.0. The summed E-state index contributed by atoms with van der Waals surface area (Å²) in [5, 5.41) is 0. The predicted octanol–water partition coefficient (Wildman–Crippen LogP) is 22.1. The summed E-state index contributed by atoms with van der Waals surface area (Å²) in [6, 6.07) is 0. The maximum absolute atomic E-state index is 5.93. The van der Waals surface area contributed by atoms with Crippen LogP contribution in [0, 0.1) is 0 Å². The zero-order valence-electron chi connectivity index (χ0n) is 42.0. The molecule has 0 heterocycles. The van der Waals surface area contributed by atoms with Crippen molar-refractivity contribution in [3.8, 4) is 0 Å². The van der Waals surface area contributed by atoms with Crippen LogP contribution in [0.4, 0.5) is 0 Å². The van der Waals surface area contributed by atoms with E-state index in [0.29, 0.717) is 0 Å². The van der Waals surface area contributed by atoms with E-state index in [1.54, 1.807) is 0 Å². The zero-order valence-corrected chi connectivity index (χ0v) is 42.0. The number of rotatable bonds is 56. The van der Waals surface area contributed by atoms with Crippen LogP contribution in [0.25, 0.3) is 0 Å². The van der Waals surface area contributed by atoms with Crippen molar-refractivity contribution in [2.45, 2.75) is 361 Å². The molecule has 0 N–H and O–H groups in total. The third-order valence-electron chi connectivity index (χ3n) is 13.8. The van der Waals surface area contributed by atoms with Gasteiger partial charge in [-0.25, -0.2) is 0 Å². The second kappa shape index (κ2) is 58.0. The molecule has 0 saturated heterocycles. The molecule has 0 atom stereocenters. The Labute approximate surface area is 377 Å². The minimum atomic E-state index is 0.998. The average Bonchev–Trinajstić information content (AvgIpc) is 3.25. The maximum atomic E-state index is 5.93. The molecule has 0 radical (unpaired) electrons. The van der Waals surface area contributed by atoms with Crippen LogP contribution in [0.15, 0.2) is 0 Å². The minimum Gasteiger partial charge on any atom is -0.381 e. The first kappa shape index (κ1) is 59.0. The van der Waals surface area contributed by atoms with E-state index in [4.69, 9.17) is 4.74 Å². The summed E-state index contributed by atoms with van der Waals surface area (Å²) in [5.41, 5.74) is 0. The summed E-state index contributed by atoms with van der Waals surface area (Å²) >= 11 is 0. The van der Waals surface area contributed by atoms with Gasteiger partial charge in [0.25, 0.3) is 0 Å². The van der Waals surface area contributed by atoms with Gasteiger partial charge in [-0.05, 0) is 12.8 Å². The highest BCUT2D eigenvalue weighted by Gasteiger charge is 1.99. The molecule has 0 saturated carbocycles. The smallest absolute Gasteiger partial charge is 0.0466 e. The van der Waals surface area contributed by atoms with Crippen LogP contribution in [-0.4, -0.2) is 13.2 Å². The third-order valence-corrected chi connectivity index (χ3v) is 13.8. The molecule has 0 aliphatic rings. The second-order valence-electron chi connectivity index (χ2n) is 20.0. The normalized spacial score (nSPS) is 11.7. The fourth-order valence-electron chi connectivity index (χ4n) is 9.50. The molecule has 0 amide bonds. The second-order valence-corrected chi connectivity index (χ2v) is 20.0. The van der Waals surface area contributed by atoms with Gasteiger partial charge >= 0.3 is 0 Å². The van der Waals surface area contributed by atoms with Crippen LogP contribution in [0.1, 0.15) is 361 Å². The van der Waals surface area contributed by atoms with Gasteiger partial charge in [-0.3, -0.25) is 0 Å². The van der Waals surface area contributed by atoms with Gasteiger partial charge in [-0.1, -0.05) is 348 Å². The van der Waals surface area contributed by atoms with E-state index >= 15 is 0 Å². The lowest BCUT2D eigenvalue weighted by Crippen LogP contribution is -1.97. The lowest BCUT2D eigenvalue weighted by atomic mass is 10.0. The molecule has 1 heteroatoms. The van der Waals surface area contributed by atoms with Crippen LogP contribution in [-0.2, 0) is 4.74 Å². The molecule has 0 aliphatic heterocycles. The Morgan fingerprint density at radius 3 is 0.356 bits per heavy atom. The van der Waals surface area contributed by atoms with E-state index in [2.05, 4.69) is 13.8 Å². The molecule has 0 aliphatic carbocycles. The highest BCUT2D eigenvalue weighted by atomic mass is 16.5. The summed E-state index contributed by atoms with van der Waals surface area (Å²) in [5.74, 6) is 0. The first-order valence-corrected chi connectivity index (χ1v) is 29.0. The van der Waals surface area contributed by atoms with Crippen molar-refractivity contribution in [3.63, 3.8) is 0 Å². The van der Waals surface area contributed by atoms with Crippen molar-refractivity contribution >= 4 is 0 Å². The molecule has 0 unspecified atom stereocenters. The van der Waals surface area contributed by atoms with Crippen molar-refractivity contribution in [3.05, 3.63) is 0 Å². The Hall–Kier alpha value is -0.0400. The zero-order chi connectivity index (χ0) is 42.3. The van der Waals surface area contributed by atoms with Gasteiger partial charge in [-0.15, -0.1) is 0 Å². The molecule has 1 nitrogen and oxygen atoms in total. The number of unbranched alkanes of at least 4 members (excludes halogenated alkanes) is 52. The topological polar surface area (TPSA) is 9.23 Å². The van der Waals surface area contributed by atoms with Gasteiger partial charge < -0.3 is 4.74 Å². The van der Waals surface area contributed by atoms with Gasteiger partial charge in [0.2, 0.25) is 0 Å². The van der Waals surface area contributed by atoms with E-state index in [9.17, 15) is 0 Å². The summed E-state index contributed by atoms with van der Waals surface area (Å²) in [6.45, 7) is 6.62. The molecule has 0 aromatic carbocycles. The van der Waals surface area contributed by atoms with Gasteiger partial charge in [0.15, 0.2) is 0 Å². The van der Waals surface area contributed by atoms with Gasteiger partial charge in [0.05, 0.1) is 0 Å². The standard InChI is InChI=1S/C58H118O/c1-3-5-7-9-11-13-15-17-19-21-23-24-25-26-27-28-29-30-31-32-33-34-35-36-37-38-39-40-42-44-46-48-50-52-54-56-58-59-57-55-53-51-49-47-45-43-41-22-20-18-16-14-12-10-8-6-4-2/h3-58H2,1-2H3. The van der Waals surface area contributed by atoms with E-state index in [-0.39, 0.29) is 0 Å². The molecule has 0 bridgehead atoms. The Kier molecular flexibility index (Phi) is 57.9. The fraction of sp³-hybridized carbons (Fsp3) is 1.00. The summed E-state index contributed by atoms with van der Waals surface area (Å²) < 4.78 is 5.93. The lowest BCUT2D eigenvalue weighted by Gasteiger charge is -2.06. The Morgan fingerprint density at radius 1 is 0.136 bits per heavy atom. The van der Waals surface area contributed by atoms with Crippen molar-refractivity contribution in [1.82, 2.24) is 0 Å². The molecular formula is C58H118O. The highest BCUT2D eigenvalue weighted by molar-refractivity contribution is 4.55. The van der Waals surface area contributed by atoms with Gasteiger partial charge in [-0.2, -0.15) is 0 Å². The lowest BCUT2D eigenvalue weighted by molar-refractivity contribution is 0.125. The van der Waals surface area contributed by atoms with Crippen molar-refractivity contribution < 1.29 is 4.74 Å². The van der Waals surface area contributed by atoms with Gasteiger partial charge in [0, 0.05) is 13.2 Å². The van der Waals surface area contributed by atoms with Crippen LogP contribution >= 0.6 is 0 Å². The minimum absolute atomic E-state index is 0.998. The molecule has 59 heavy (non-hydrogen) atoms. The van der Waals surface area contributed by atoms with Crippen LogP contribution < -0.4 is 0 Å². The van der Waals surface area contributed by atoms with Crippen molar-refractivity contribution in [1.29, 1.82) is 0 Å². The molecular weight excluding hydrogens is 713 g/mol. The summed E-state index contributed by atoms with van der Waals surface area (Å²) in [6.07, 6.45) is 78.9. The number of hydrogen-bond acceptors (Lipinski definition) is 1. The Balaban J connectivity index is 3.06. The molecule has 0 aromatic rings. The average molecular weight is 832 g/mol. The summed E-state index contributed by atoms with van der Waals surface area (Å²) in [4.78, 5) is 0. The first-order valence-electron chi connectivity index (χ1n) is 29.0.